The van der Waals surface area contributed by atoms with Crippen LogP contribution in [0, 0.1) is 6.92 Å². The van der Waals surface area contributed by atoms with Crippen molar-refractivity contribution in [3.8, 4) is 0 Å². The van der Waals surface area contributed by atoms with Crippen molar-refractivity contribution in [3.63, 3.8) is 0 Å². The number of pyridine rings is 1. The van der Waals surface area contributed by atoms with Crippen molar-refractivity contribution in [2.75, 3.05) is 11.1 Å². The van der Waals surface area contributed by atoms with E-state index >= 15 is 0 Å². The van der Waals surface area contributed by atoms with E-state index in [0.717, 1.165) is 5.56 Å². The van der Waals surface area contributed by atoms with Gasteiger partial charge in [0.25, 0.3) is 5.91 Å². The molecule has 3 heterocycles. The molecule has 3 N–H and O–H groups in total. The van der Waals surface area contributed by atoms with Crippen molar-refractivity contribution in [2.24, 2.45) is 0 Å². The smallest absolute Gasteiger partial charge is 0.259 e. The van der Waals surface area contributed by atoms with Gasteiger partial charge in [-0.05, 0) is 48.2 Å². The van der Waals surface area contributed by atoms with Gasteiger partial charge in [-0.3, -0.25) is 9.59 Å². The summed E-state index contributed by atoms with van der Waals surface area (Å²) in [5, 5.41) is 4.72. The molecule has 1 amide bonds. The molecular formula is C21H17N3O2S. The monoisotopic (exact) mass is 375 g/mol. The first-order chi connectivity index (χ1) is 13.1. The fourth-order valence-corrected chi connectivity index (χ4v) is 3.80. The predicted molar refractivity (Wildman–Crippen MR) is 109 cm³/mol. The second kappa shape index (κ2) is 6.74. The lowest BCUT2D eigenvalue weighted by Gasteiger charge is -2.06. The van der Waals surface area contributed by atoms with Gasteiger partial charge in [-0.2, -0.15) is 0 Å². The van der Waals surface area contributed by atoms with Crippen molar-refractivity contribution in [3.05, 3.63) is 87.9 Å². The minimum absolute atomic E-state index is 0.185. The van der Waals surface area contributed by atoms with Gasteiger partial charge in [0.1, 0.15) is 5.69 Å². The third-order valence-corrected chi connectivity index (χ3v) is 5.21. The lowest BCUT2D eigenvalue weighted by molar-refractivity contribution is 0.102. The van der Waals surface area contributed by atoms with E-state index in [1.54, 1.807) is 28.8 Å². The number of thiophene rings is 1. The molecule has 0 saturated carbocycles. The van der Waals surface area contributed by atoms with Gasteiger partial charge in [0.2, 0.25) is 5.78 Å². The highest BCUT2D eigenvalue weighted by Gasteiger charge is 2.26. The Balaban J connectivity index is 1.83. The molecule has 0 fully saturated rings. The Labute approximate surface area is 160 Å². The minimum Gasteiger partial charge on any atom is -0.396 e. The molecule has 3 aromatic heterocycles. The second-order valence-corrected chi connectivity index (χ2v) is 7.17. The Kier molecular flexibility index (Phi) is 4.25. The van der Waals surface area contributed by atoms with Gasteiger partial charge in [0.15, 0.2) is 0 Å². The zero-order chi connectivity index (χ0) is 19.0. The molecule has 0 atom stereocenters. The summed E-state index contributed by atoms with van der Waals surface area (Å²) in [6.45, 7) is 1.95. The largest absolute Gasteiger partial charge is 0.396 e. The standard InChI is InChI=1S/C21H17N3O2S/c1-13-6-4-7-14(12-13)23-21(26)17-15-8-2-3-10-24(15)19(18(17)22)20(25)16-9-5-11-27-16/h2-12H,22H2,1H3,(H,23,26). The number of nitrogen functional groups attached to an aromatic ring is 1. The van der Waals surface area contributed by atoms with Crippen LogP contribution in [0.15, 0.2) is 66.2 Å². The molecule has 5 nitrogen and oxygen atoms in total. The summed E-state index contributed by atoms with van der Waals surface area (Å²) in [5.74, 6) is -0.537. The van der Waals surface area contributed by atoms with Crippen LogP contribution in [0.3, 0.4) is 0 Å². The number of anilines is 2. The van der Waals surface area contributed by atoms with Crippen LogP contribution in [-0.4, -0.2) is 16.1 Å². The Morgan fingerprint density at radius 2 is 1.93 bits per heavy atom. The maximum atomic E-state index is 13.0. The Morgan fingerprint density at radius 1 is 1.07 bits per heavy atom. The molecule has 0 aliphatic carbocycles. The van der Waals surface area contributed by atoms with E-state index in [0.29, 0.717) is 27.3 Å². The molecule has 0 saturated heterocycles. The molecule has 1 aromatic carbocycles. The molecule has 0 spiro atoms. The van der Waals surface area contributed by atoms with Crippen molar-refractivity contribution >= 4 is 39.9 Å². The summed E-state index contributed by atoms with van der Waals surface area (Å²) in [6.07, 6.45) is 1.75. The number of amides is 1. The first-order valence-corrected chi connectivity index (χ1v) is 9.29. The number of fused-ring (bicyclic) bond motifs is 1. The zero-order valence-corrected chi connectivity index (χ0v) is 15.4. The van der Waals surface area contributed by atoms with Crippen LogP contribution in [0.25, 0.3) is 5.52 Å². The van der Waals surface area contributed by atoms with Crippen LogP contribution in [-0.2, 0) is 0 Å². The third-order valence-electron chi connectivity index (χ3n) is 4.34. The molecule has 0 radical (unpaired) electrons. The molecule has 4 rings (SSSR count). The summed E-state index contributed by atoms with van der Waals surface area (Å²) in [4.78, 5) is 26.5. The molecular weight excluding hydrogens is 358 g/mol. The van der Waals surface area contributed by atoms with E-state index in [1.807, 2.05) is 48.7 Å². The number of rotatable bonds is 4. The number of benzene rings is 1. The number of nitrogens with two attached hydrogens (primary N) is 1. The number of ketones is 1. The first-order valence-electron chi connectivity index (χ1n) is 8.41. The molecule has 0 aliphatic rings. The number of aromatic nitrogens is 1. The highest BCUT2D eigenvalue weighted by molar-refractivity contribution is 7.12. The van der Waals surface area contributed by atoms with E-state index in [-0.39, 0.29) is 17.4 Å². The fourth-order valence-electron chi connectivity index (χ4n) is 3.14. The molecule has 0 bridgehead atoms. The van der Waals surface area contributed by atoms with Crippen LogP contribution in [0.1, 0.15) is 31.3 Å². The maximum Gasteiger partial charge on any atom is 0.259 e. The number of hydrogen-bond donors (Lipinski definition) is 2. The molecule has 6 heteroatoms. The zero-order valence-electron chi connectivity index (χ0n) is 14.6. The summed E-state index contributed by atoms with van der Waals surface area (Å²) in [6, 6.07) is 16.5. The van der Waals surface area contributed by atoms with Gasteiger partial charge in [-0.15, -0.1) is 11.3 Å². The molecule has 134 valence electrons. The average Bonchev–Trinajstić information content (AvgIpc) is 3.27. The number of carbonyl (C=O) groups excluding carboxylic acids is 2. The quantitative estimate of drug-likeness (QED) is 0.520. The SMILES string of the molecule is Cc1cccc(NC(=O)c2c(N)c(C(=O)c3cccs3)n3ccccc23)c1. The van der Waals surface area contributed by atoms with Crippen molar-refractivity contribution < 1.29 is 9.59 Å². The number of aryl methyl sites for hydroxylation is 1. The van der Waals surface area contributed by atoms with Crippen LogP contribution in [0.2, 0.25) is 0 Å². The van der Waals surface area contributed by atoms with Crippen LogP contribution < -0.4 is 11.1 Å². The van der Waals surface area contributed by atoms with Gasteiger partial charge in [-0.1, -0.05) is 24.3 Å². The van der Waals surface area contributed by atoms with E-state index in [4.69, 9.17) is 5.73 Å². The summed E-state index contributed by atoms with van der Waals surface area (Å²) < 4.78 is 1.68. The fraction of sp³-hybridized carbons (Fsp3) is 0.0476. The topological polar surface area (TPSA) is 76.6 Å². The lowest BCUT2D eigenvalue weighted by Crippen LogP contribution is -2.14. The number of nitrogens with zero attached hydrogens (tertiary/aromatic N) is 1. The molecule has 27 heavy (non-hydrogen) atoms. The van der Waals surface area contributed by atoms with Gasteiger partial charge < -0.3 is 15.5 Å². The van der Waals surface area contributed by atoms with Crippen molar-refractivity contribution in [2.45, 2.75) is 6.92 Å². The molecule has 4 aromatic rings. The minimum atomic E-state index is -0.341. The van der Waals surface area contributed by atoms with Gasteiger partial charge in [0, 0.05) is 11.9 Å². The van der Waals surface area contributed by atoms with E-state index in [1.165, 1.54) is 11.3 Å². The Morgan fingerprint density at radius 3 is 2.67 bits per heavy atom. The number of nitrogens with one attached hydrogen (secondary N) is 1. The maximum absolute atomic E-state index is 13.0. The lowest BCUT2D eigenvalue weighted by atomic mass is 10.1. The Bertz CT molecular complexity index is 1160. The number of carbonyl (C=O) groups is 2. The van der Waals surface area contributed by atoms with E-state index in [2.05, 4.69) is 5.32 Å². The average molecular weight is 375 g/mol. The first kappa shape index (κ1) is 17.1. The Hall–Kier alpha value is -3.38. The number of hydrogen-bond acceptors (Lipinski definition) is 4. The molecule has 0 aliphatic heterocycles. The van der Waals surface area contributed by atoms with E-state index < -0.39 is 0 Å². The van der Waals surface area contributed by atoms with Crippen LogP contribution in [0.4, 0.5) is 11.4 Å². The van der Waals surface area contributed by atoms with Crippen molar-refractivity contribution in [1.29, 1.82) is 0 Å². The van der Waals surface area contributed by atoms with E-state index in [9.17, 15) is 9.59 Å². The summed E-state index contributed by atoms with van der Waals surface area (Å²) in [7, 11) is 0. The van der Waals surface area contributed by atoms with Gasteiger partial charge in [0.05, 0.1) is 21.6 Å². The normalized spacial score (nSPS) is 10.9. The highest BCUT2D eigenvalue weighted by atomic mass is 32.1. The molecule has 0 unspecified atom stereocenters. The van der Waals surface area contributed by atoms with Crippen LogP contribution in [0.5, 0.6) is 0 Å². The van der Waals surface area contributed by atoms with Crippen molar-refractivity contribution in [1.82, 2.24) is 4.40 Å². The third kappa shape index (κ3) is 3.00. The second-order valence-electron chi connectivity index (χ2n) is 6.22. The van der Waals surface area contributed by atoms with Gasteiger partial charge >= 0.3 is 0 Å². The summed E-state index contributed by atoms with van der Waals surface area (Å²) in [5.41, 5.74) is 9.42. The predicted octanol–water partition coefficient (Wildman–Crippen LogP) is 4.37. The summed E-state index contributed by atoms with van der Waals surface area (Å²) >= 11 is 1.35. The van der Waals surface area contributed by atoms with Crippen LogP contribution >= 0.6 is 11.3 Å². The highest BCUT2D eigenvalue weighted by Crippen LogP contribution is 2.30. The van der Waals surface area contributed by atoms with Gasteiger partial charge in [-0.25, -0.2) is 0 Å².